The van der Waals surface area contributed by atoms with Gasteiger partial charge in [-0.2, -0.15) is 8.91 Å². The molecule has 3 aliphatic rings. The number of amides is 1. The fourth-order valence-corrected chi connectivity index (χ4v) is 10.1. The van der Waals surface area contributed by atoms with E-state index in [-0.39, 0.29) is 16.6 Å². The van der Waals surface area contributed by atoms with E-state index in [0.29, 0.717) is 37.4 Å². The first-order chi connectivity index (χ1) is 27.4. The Bertz CT molecular complexity index is 2060. The molecule has 14 heteroatoms. The number of nitrogens with one attached hydrogen (secondary N) is 1. The van der Waals surface area contributed by atoms with Gasteiger partial charge in [0, 0.05) is 88.2 Å². The first-order valence-electron chi connectivity index (χ1n) is 20.0. The van der Waals surface area contributed by atoms with Crippen LogP contribution in [-0.2, 0) is 35.1 Å². The maximum absolute atomic E-state index is 12.5. The summed E-state index contributed by atoms with van der Waals surface area (Å²) in [4.78, 5) is 16.1. The van der Waals surface area contributed by atoms with Crippen molar-refractivity contribution in [2.75, 3.05) is 41.8 Å². The number of nitrogens with zero attached hydrogens (tertiary/aromatic N) is 2. The van der Waals surface area contributed by atoms with Crippen LogP contribution < -0.4 is 15.5 Å². The summed E-state index contributed by atoms with van der Waals surface area (Å²) in [5.41, 5.74) is 8.47. The average molecular weight is 853 g/mol. The molecule has 0 bridgehead atoms. The van der Waals surface area contributed by atoms with Gasteiger partial charge in [-0.25, -0.2) is 13.2 Å². The number of thioether (sulfide) groups is 1. The summed E-state index contributed by atoms with van der Waals surface area (Å²) >= 11 is 2.75. The summed E-state index contributed by atoms with van der Waals surface area (Å²) in [6, 6.07) is 16.9. The average Bonchev–Trinajstić information content (AvgIpc) is 3.71. The molecule has 2 aromatic carbocycles. The van der Waals surface area contributed by atoms with Crippen molar-refractivity contribution < 1.29 is 41.7 Å². The maximum Gasteiger partial charge on any atom is 0.407 e. The molecule has 0 radical (unpaired) electrons. The number of carbonyl (C=O) groups is 1. The highest BCUT2D eigenvalue weighted by molar-refractivity contribution is 8.03. The fourth-order valence-electron chi connectivity index (χ4n) is 7.98. The smallest absolute Gasteiger partial charge is 0.407 e. The van der Waals surface area contributed by atoms with E-state index in [9.17, 15) is 23.0 Å². The predicted molar refractivity (Wildman–Crippen MR) is 232 cm³/mol. The third-order valence-electron chi connectivity index (χ3n) is 10.7. The molecule has 2 heterocycles. The van der Waals surface area contributed by atoms with E-state index in [2.05, 4.69) is 113 Å². The standard InChI is InChI=1S/C44H59N3O8S3/c1-42(2,3)53-41(48)45-26-30-56-40-32(22-24-38-43(4,5)34-16-8-10-18-36(34)46(38)27-12-14-29-57-55-54-49)20-21-33(40)23-25-39-44(6,7)35-17-9-11-19-37(35)47(39)28-13-15-31-58(50,51)52/h8-11,16-19,22-25H,12-15,20-21,26-31H2,1-7H3,(H2-,45,48,49,50,51,52)/p-1. The summed E-state index contributed by atoms with van der Waals surface area (Å²) in [7, 11) is -4.27. The lowest BCUT2D eigenvalue weighted by Crippen LogP contribution is -2.33. The molecular formula is C44H58N3O8S3-. The number of ether oxygens (including phenoxy) is 1. The second kappa shape index (κ2) is 19.8. The van der Waals surface area contributed by atoms with Gasteiger partial charge >= 0.3 is 6.09 Å². The lowest BCUT2D eigenvalue weighted by Gasteiger charge is -2.27. The van der Waals surface area contributed by atoms with Gasteiger partial charge in [0.2, 0.25) is 5.69 Å². The normalized spacial score (nSPS) is 18.9. The van der Waals surface area contributed by atoms with Crippen molar-refractivity contribution in [2.24, 2.45) is 0 Å². The van der Waals surface area contributed by atoms with Gasteiger partial charge in [-0.3, -0.25) is 5.04 Å². The molecule has 0 unspecified atom stereocenters. The second-order valence-corrected chi connectivity index (χ2v) is 20.2. The maximum atomic E-state index is 12.5. The van der Waals surface area contributed by atoms with E-state index in [0.717, 1.165) is 55.7 Å². The molecule has 0 fully saturated rings. The monoisotopic (exact) mass is 852 g/mol. The Morgan fingerprint density at radius 2 is 1.66 bits per heavy atom. The molecule has 316 valence electrons. The Labute approximate surface area is 353 Å². The van der Waals surface area contributed by atoms with Crippen LogP contribution in [-0.4, -0.2) is 71.8 Å². The molecule has 1 amide bonds. The van der Waals surface area contributed by atoms with Gasteiger partial charge in [-0.05, 0) is 95.6 Å². The van der Waals surface area contributed by atoms with E-state index < -0.39 is 21.8 Å². The molecule has 58 heavy (non-hydrogen) atoms. The van der Waals surface area contributed by atoms with Gasteiger partial charge in [0.1, 0.15) is 12.1 Å². The number of hydrogen-bond acceptors (Lipinski definition) is 11. The van der Waals surface area contributed by atoms with Gasteiger partial charge in [-0.15, -0.1) is 11.8 Å². The summed E-state index contributed by atoms with van der Waals surface area (Å²) in [6.45, 7) is 16.4. The fraction of sp³-hybridized carbons (Fsp3) is 0.500. The van der Waals surface area contributed by atoms with Crippen molar-refractivity contribution >= 4 is 57.1 Å². The Balaban J connectivity index is 1.47. The minimum Gasteiger partial charge on any atom is -0.748 e. The molecular weight excluding hydrogens is 795 g/mol. The predicted octanol–water partition coefficient (Wildman–Crippen LogP) is 8.51. The topological polar surface area (TPSA) is 143 Å². The van der Waals surface area contributed by atoms with Crippen molar-refractivity contribution in [1.29, 1.82) is 0 Å². The number of hydrogen-bond donors (Lipinski definition) is 1. The number of allylic oxidation sites excluding steroid dienone is 7. The van der Waals surface area contributed by atoms with Gasteiger partial charge in [-0.1, -0.05) is 62.4 Å². The number of benzene rings is 2. The van der Waals surface area contributed by atoms with Gasteiger partial charge in [0.15, 0.2) is 5.71 Å². The lowest BCUT2D eigenvalue weighted by atomic mass is 9.81. The van der Waals surface area contributed by atoms with E-state index in [1.165, 1.54) is 38.6 Å². The zero-order valence-electron chi connectivity index (χ0n) is 34.8. The molecule has 0 spiro atoms. The van der Waals surface area contributed by atoms with Crippen LogP contribution in [0.25, 0.3) is 0 Å². The van der Waals surface area contributed by atoms with Crippen LogP contribution >= 0.6 is 23.8 Å². The van der Waals surface area contributed by atoms with Crippen LogP contribution in [0.4, 0.5) is 16.2 Å². The van der Waals surface area contributed by atoms with Crippen molar-refractivity contribution in [2.45, 2.75) is 103 Å². The van der Waals surface area contributed by atoms with Crippen molar-refractivity contribution in [3.63, 3.8) is 0 Å². The van der Waals surface area contributed by atoms with Gasteiger partial charge < -0.3 is 24.8 Å². The number of para-hydroxylation sites is 2. The molecule has 2 aliphatic heterocycles. The van der Waals surface area contributed by atoms with Crippen LogP contribution in [0.3, 0.4) is 0 Å². The number of unbranched alkanes of at least 4 members (excludes halogenated alkanes) is 2. The SMILES string of the molecule is CC(C)(C)OC(=O)NCCSC1=C(/C=C/C2=[N+](CCCCS(=O)(=O)[O-])c3ccccc3C2(C)C)CC/C1=C\C=C1\N(CCCCSOO[O-])c2ccccc2C1(C)C. The minimum absolute atomic E-state index is 0.224. The first kappa shape index (κ1) is 45.7. The third-order valence-corrected chi connectivity index (χ3v) is 13.3. The van der Waals surface area contributed by atoms with Crippen LogP contribution in [0.15, 0.2) is 94.6 Å². The molecule has 5 rings (SSSR count). The van der Waals surface area contributed by atoms with Crippen molar-refractivity contribution in [3.8, 4) is 0 Å². The Kier molecular flexibility index (Phi) is 15.6. The van der Waals surface area contributed by atoms with E-state index in [1.54, 1.807) is 11.8 Å². The first-order valence-corrected chi connectivity index (χ1v) is 23.5. The second-order valence-electron chi connectivity index (χ2n) is 16.8. The highest BCUT2D eigenvalue weighted by Crippen LogP contribution is 2.48. The molecule has 0 saturated carbocycles. The minimum atomic E-state index is -4.27. The Morgan fingerprint density at radius 1 is 0.931 bits per heavy atom. The molecule has 1 N–H and O–H groups in total. The number of alkyl carbamates (subject to hydrolysis) is 1. The molecule has 2 aromatic rings. The summed E-state index contributed by atoms with van der Waals surface area (Å²) in [5.74, 6) is 0.943. The highest BCUT2D eigenvalue weighted by atomic mass is 32.2. The van der Waals surface area contributed by atoms with Crippen LogP contribution in [0, 0.1) is 0 Å². The molecule has 1 aliphatic carbocycles. The van der Waals surface area contributed by atoms with Crippen LogP contribution in [0.5, 0.6) is 0 Å². The number of carbonyl (C=O) groups excluding carboxylic acids is 1. The number of fused-ring (bicyclic) bond motifs is 2. The van der Waals surface area contributed by atoms with Gasteiger partial charge in [0.25, 0.3) is 0 Å². The zero-order valence-corrected chi connectivity index (χ0v) is 37.2. The summed E-state index contributed by atoms with van der Waals surface area (Å²) < 4.78 is 46.2. The van der Waals surface area contributed by atoms with E-state index >= 15 is 0 Å². The quantitative estimate of drug-likeness (QED) is 0.0363. The molecule has 11 nitrogen and oxygen atoms in total. The summed E-state index contributed by atoms with van der Waals surface area (Å²) in [6.07, 6.45) is 12.9. The van der Waals surface area contributed by atoms with E-state index in [1.807, 2.05) is 32.9 Å². The van der Waals surface area contributed by atoms with Crippen molar-refractivity contribution in [1.82, 2.24) is 5.32 Å². The molecule has 0 atom stereocenters. The van der Waals surface area contributed by atoms with Crippen LogP contribution in [0.1, 0.15) is 98.1 Å². The Morgan fingerprint density at radius 3 is 2.38 bits per heavy atom. The Hall–Kier alpha value is -3.37. The molecule has 0 saturated heterocycles. The van der Waals surface area contributed by atoms with Gasteiger partial charge in [0.05, 0.1) is 15.5 Å². The van der Waals surface area contributed by atoms with Crippen molar-refractivity contribution in [3.05, 3.63) is 106 Å². The summed E-state index contributed by atoms with van der Waals surface area (Å²) in [5, 5.41) is 16.6. The number of anilines is 1. The largest absolute Gasteiger partial charge is 0.748 e. The van der Waals surface area contributed by atoms with Crippen LogP contribution in [0.2, 0.25) is 0 Å². The highest BCUT2D eigenvalue weighted by Gasteiger charge is 2.44. The zero-order chi connectivity index (χ0) is 42.1. The molecule has 0 aromatic heterocycles. The number of rotatable bonds is 19. The van der Waals surface area contributed by atoms with E-state index in [4.69, 9.17) is 4.74 Å². The third kappa shape index (κ3) is 11.7. The lowest BCUT2D eigenvalue weighted by molar-refractivity contribution is -0.777.